The summed E-state index contributed by atoms with van der Waals surface area (Å²) in [5.74, 6) is 0. The van der Waals surface area contributed by atoms with Crippen molar-refractivity contribution in [1.82, 2.24) is 5.06 Å². The zero-order valence-electron chi connectivity index (χ0n) is 6.64. The van der Waals surface area contributed by atoms with E-state index in [1.165, 1.54) is 6.92 Å². The molecule has 0 aliphatic rings. The van der Waals surface area contributed by atoms with Gasteiger partial charge in [0.15, 0.2) is 0 Å². The minimum absolute atomic E-state index is 0.318. The molecule has 0 amide bonds. The molecule has 13 heavy (non-hydrogen) atoms. The van der Waals surface area contributed by atoms with Gasteiger partial charge in [0.05, 0.1) is 0 Å². The van der Waals surface area contributed by atoms with Crippen LogP contribution in [0.25, 0.3) is 0 Å². The van der Waals surface area contributed by atoms with Gasteiger partial charge in [-0.2, -0.15) is 0 Å². The smallest absolute Gasteiger partial charge is 0.354 e. The van der Waals surface area contributed by atoms with Gasteiger partial charge in [-0.05, 0) is 6.54 Å². The quantitative estimate of drug-likeness (QED) is 0.374. The van der Waals surface area contributed by atoms with Gasteiger partial charge in [0.25, 0.3) is 0 Å². The van der Waals surface area contributed by atoms with Gasteiger partial charge in [-0.15, -0.1) is 0 Å². The summed E-state index contributed by atoms with van der Waals surface area (Å²) < 4.78 is 21.1. The maximum absolute atomic E-state index is 10.7. The Labute approximate surface area is 74.1 Å². The number of hydrogen-bond donors (Lipinski definition) is 4. The van der Waals surface area contributed by atoms with Crippen LogP contribution in [-0.4, -0.2) is 36.7 Å². The molecule has 8 nitrogen and oxygen atoms in total. The highest BCUT2D eigenvalue weighted by molar-refractivity contribution is 7.70. The highest BCUT2D eigenvalue weighted by atomic mass is 31.2. The Morgan fingerprint density at radius 2 is 1.54 bits per heavy atom. The molecule has 10 heteroatoms. The summed E-state index contributed by atoms with van der Waals surface area (Å²) in [6, 6.07) is 0. The lowest BCUT2D eigenvalue weighted by atomic mass is 10.8. The van der Waals surface area contributed by atoms with Crippen LogP contribution in [0.15, 0.2) is 0 Å². The van der Waals surface area contributed by atoms with Gasteiger partial charge in [0, 0.05) is 0 Å². The summed E-state index contributed by atoms with van der Waals surface area (Å²) in [6.45, 7) is 0.812. The van der Waals surface area contributed by atoms with Gasteiger partial charge in [0.1, 0.15) is 0 Å². The summed E-state index contributed by atoms with van der Waals surface area (Å²) in [5, 5.41) is 10.4. The number of nitrogens with zero attached hydrogens (tertiary/aromatic N) is 1. The van der Waals surface area contributed by atoms with E-state index in [1.54, 1.807) is 0 Å². The normalized spacial score (nSPS) is 14.2. The number of hydroxylamine groups is 2. The number of hydrogen-bond acceptors (Lipinski definition) is 4. The van der Waals surface area contributed by atoms with Crippen LogP contribution in [0.1, 0.15) is 6.92 Å². The molecule has 0 saturated heterocycles. The second kappa shape index (κ2) is 4.16. The standard InChI is InChI=1S/C3H10NO7P2/c1-2-4(5)3(12(6,7)8)13(9,10)11/h3H,2H2,1H3,(H2,6,7,8)(H2,9,10,11)/q-1. The lowest BCUT2D eigenvalue weighted by molar-refractivity contribution is 0.278. The van der Waals surface area contributed by atoms with Gasteiger partial charge in [-0.1, -0.05) is 6.92 Å². The summed E-state index contributed by atoms with van der Waals surface area (Å²) in [4.78, 5) is 34.0. The van der Waals surface area contributed by atoms with Gasteiger partial charge in [-0.3, -0.25) is 9.13 Å². The third kappa shape index (κ3) is 3.84. The maximum atomic E-state index is 10.7. The molecule has 0 spiro atoms. The van der Waals surface area contributed by atoms with Crippen molar-refractivity contribution >= 4 is 15.2 Å². The summed E-state index contributed by atoms with van der Waals surface area (Å²) in [7, 11) is -10.2. The van der Waals surface area contributed by atoms with Crippen molar-refractivity contribution in [2.45, 2.75) is 12.4 Å². The van der Waals surface area contributed by atoms with Crippen LogP contribution < -0.4 is 0 Å². The Kier molecular flexibility index (Phi) is 4.23. The zero-order valence-corrected chi connectivity index (χ0v) is 8.43. The van der Waals surface area contributed by atoms with Crippen molar-refractivity contribution in [3.05, 3.63) is 5.21 Å². The molecule has 0 atom stereocenters. The first-order chi connectivity index (χ1) is 5.60. The van der Waals surface area contributed by atoms with Crippen LogP contribution in [0, 0.1) is 5.21 Å². The van der Waals surface area contributed by atoms with E-state index in [9.17, 15) is 14.3 Å². The van der Waals surface area contributed by atoms with E-state index in [2.05, 4.69) is 0 Å². The topological polar surface area (TPSA) is 141 Å². The van der Waals surface area contributed by atoms with E-state index >= 15 is 0 Å². The largest absolute Gasteiger partial charge is 0.784 e. The molecular weight excluding hydrogens is 224 g/mol. The average molecular weight is 234 g/mol. The van der Waals surface area contributed by atoms with E-state index in [-0.39, 0.29) is 5.06 Å². The van der Waals surface area contributed by atoms with Crippen molar-refractivity contribution in [2.24, 2.45) is 0 Å². The lowest BCUT2D eigenvalue weighted by Crippen LogP contribution is -2.29. The second-order valence-electron chi connectivity index (χ2n) is 2.26. The lowest BCUT2D eigenvalue weighted by Gasteiger charge is -2.35. The Hall–Kier alpha value is 0.220. The summed E-state index contributed by atoms with van der Waals surface area (Å²) >= 11 is 0. The molecule has 0 unspecified atom stereocenters. The molecule has 80 valence electrons. The first-order valence-electron chi connectivity index (χ1n) is 3.15. The van der Waals surface area contributed by atoms with Crippen LogP contribution >= 0.6 is 15.2 Å². The Balaban J connectivity index is 5.01. The van der Waals surface area contributed by atoms with Crippen LogP contribution in [0.5, 0.6) is 0 Å². The van der Waals surface area contributed by atoms with E-state index in [0.717, 1.165) is 0 Å². The molecule has 0 bridgehead atoms. The molecule has 0 saturated carbocycles. The third-order valence-electron chi connectivity index (χ3n) is 1.17. The first kappa shape index (κ1) is 13.2. The Bertz CT molecular complexity index is 232. The third-order valence-corrected chi connectivity index (χ3v) is 4.69. The van der Waals surface area contributed by atoms with Gasteiger partial charge in [-0.25, -0.2) is 0 Å². The molecule has 0 aromatic heterocycles. The SMILES string of the molecule is CCN([O-])C(P(=O)(O)O)P(=O)(O)O. The van der Waals surface area contributed by atoms with E-state index in [1.807, 2.05) is 0 Å². The molecule has 0 radical (unpaired) electrons. The molecule has 0 aromatic rings. The van der Waals surface area contributed by atoms with Crippen LogP contribution in [-0.2, 0) is 9.13 Å². The van der Waals surface area contributed by atoms with Crippen molar-refractivity contribution < 1.29 is 28.7 Å². The summed E-state index contributed by atoms with van der Waals surface area (Å²) in [5.41, 5.74) is -2.59. The fraction of sp³-hybridized carbons (Fsp3) is 1.00. The molecular formula is C3H10NO7P2-. The second-order valence-corrected chi connectivity index (χ2v) is 6.00. The molecule has 0 aliphatic heterocycles. The van der Waals surface area contributed by atoms with Crippen LogP contribution in [0.2, 0.25) is 0 Å². The van der Waals surface area contributed by atoms with E-state index < -0.39 is 27.3 Å². The fourth-order valence-corrected chi connectivity index (χ4v) is 3.26. The summed E-state index contributed by atoms with van der Waals surface area (Å²) in [6.07, 6.45) is 0. The highest BCUT2D eigenvalue weighted by Gasteiger charge is 2.43. The molecule has 0 rings (SSSR count). The molecule has 4 N–H and O–H groups in total. The fourth-order valence-electron chi connectivity index (χ4n) is 0.695. The Morgan fingerprint density at radius 1 is 1.23 bits per heavy atom. The van der Waals surface area contributed by atoms with Crippen molar-refractivity contribution in [2.75, 3.05) is 6.54 Å². The zero-order chi connectivity index (χ0) is 10.9. The predicted octanol–water partition coefficient (Wildman–Crippen LogP) is -0.555. The predicted molar refractivity (Wildman–Crippen MR) is 43.6 cm³/mol. The minimum Gasteiger partial charge on any atom is -0.784 e. The molecule has 0 fully saturated rings. The van der Waals surface area contributed by atoms with E-state index in [4.69, 9.17) is 19.6 Å². The van der Waals surface area contributed by atoms with E-state index in [0.29, 0.717) is 0 Å². The van der Waals surface area contributed by atoms with Gasteiger partial charge < -0.3 is 29.8 Å². The van der Waals surface area contributed by atoms with Crippen molar-refractivity contribution in [1.29, 1.82) is 0 Å². The van der Waals surface area contributed by atoms with Crippen LogP contribution in [0.4, 0.5) is 0 Å². The number of rotatable bonds is 4. The molecule has 0 aliphatic carbocycles. The molecule has 0 heterocycles. The monoisotopic (exact) mass is 234 g/mol. The van der Waals surface area contributed by atoms with Crippen molar-refractivity contribution in [3.8, 4) is 0 Å². The maximum Gasteiger partial charge on any atom is 0.354 e. The first-order valence-corrected chi connectivity index (χ1v) is 6.51. The highest BCUT2D eigenvalue weighted by Crippen LogP contribution is 2.60. The Morgan fingerprint density at radius 3 is 1.62 bits per heavy atom. The van der Waals surface area contributed by atoms with Gasteiger partial charge >= 0.3 is 15.2 Å². The van der Waals surface area contributed by atoms with Crippen LogP contribution in [0.3, 0.4) is 0 Å². The minimum atomic E-state index is -5.12. The molecule has 0 aromatic carbocycles. The average Bonchev–Trinajstić information content (AvgIpc) is 1.80. The van der Waals surface area contributed by atoms with Gasteiger partial charge in [0.2, 0.25) is 5.52 Å². The van der Waals surface area contributed by atoms with Crippen molar-refractivity contribution in [3.63, 3.8) is 0 Å².